The van der Waals surface area contributed by atoms with Crippen molar-refractivity contribution in [3.63, 3.8) is 0 Å². The van der Waals surface area contributed by atoms with E-state index in [1.807, 2.05) is 65.9 Å². The van der Waals surface area contributed by atoms with Crippen molar-refractivity contribution in [1.29, 1.82) is 0 Å². The highest BCUT2D eigenvalue weighted by atomic mass is 32.1. The fourth-order valence-corrected chi connectivity index (χ4v) is 4.89. The van der Waals surface area contributed by atoms with Crippen LogP contribution in [0.2, 0.25) is 0 Å². The van der Waals surface area contributed by atoms with Crippen molar-refractivity contribution in [1.82, 2.24) is 29.3 Å². The lowest BCUT2D eigenvalue weighted by Gasteiger charge is -2.24. The molecule has 180 valence electrons. The summed E-state index contributed by atoms with van der Waals surface area (Å²) in [4.78, 5) is 30.8. The van der Waals surface area contributed by atoms with Gasteiger partial charge in [0.2, 0.25) is 5.91 Å². The Kier molecular flexibility index (Phi) is 7.27. The third-order valence-electron chi connectivity index (χ3n) is 5.92. The van der Waals surface area contributed by atoms with Crippen LogP contribution in [0.15, 0.2) is 72.5 Å². The number of rotatable bonds is 8. The Morgan fingerprint density at radius 3 is 2.60 bits per heavy atom. The zero-order chi connectivity index (χ0) is 24.0. The second kappa shape index (κ2) is 10.9. The smallest absolute Gasteiger partial charge is 0.237 e. The molecular weight excluding hydrogens is 460 g/mol. The Labute approximate surface area is 208 Å². The Morgan fingerprint density at radius 1 is 1.00 bits per heavy atom. The second-order valence-corrected chi connectivity index (χ2v) is 9.68. The van der Waals surface area contributed by atoms with Crippen LogP contribution in [0.1, 0.15) is 22.1 Å². The zero-order valence-corrected chi connectivity index (χ0v) is 20.5. The van der Waals surface area contributed by atoms with Gasteiger partial charge in [-0.25, -0.2) is 9.97 Å². The number of nitrogens with zero attached hydrogens (tertiary/aromatic N) is 6. The van der Waals surface area contributed by atoms with Crippen LogP contribution in [0.4, 0.5) is 0 Å². The van der Waals surface area contributed by atoms with Gasteiger partial charge >= 0.3 is 0 Å². The van der Waals surface area contributed by atoms with E-state index in [-0.39, 0.29) is 12.0 Å². The van der Waals surface area contributed by atoms with E-state index in [0.717, 1.165) is 27.9 Å². The monoisotopic (exact) mass is 488 g/mol. The van der Waals surface area contributed by atoms with E-state index in [4.69, 9.17) is 4.74 Å². The Morgan fingerprint density at radius 2 is 1.86 bits per heavy atom. The summed E-state index contributed by atoms with van der Waals surface area (Å²) >= 11 is 1.60. The van der Waals surface area contributed by atoms with Gasteiger partial charge in [-0.2, -0.15) is 0 Å². The highest BCUT2D eigenvalue weighted by Crippen LogP contribution is 2.18. The summed E-state index contributed by atoms with van der Waals surface area (Å²) in [5.74, 6) is 0.938. The first kappa shape index (κ1) is 23.3. The summed E-state index contributed by atoms with van der Waals surface area (Å²) in [7, 11) is 0. The molecule has 0 N–H and O–H groups in total. The number of pyridine rings is 2. The summed E-state index contributed by atoms with van der Waals surface area (Å²) < 4.78 is 8.36. The van der Waals surface area contributed by atoms with Gasteiger partial charge in [-0.05, 0) is 43.3 Å². The molecule has 0 saturated carbocycles. The second-order valence-electron chi connectivity index (χ2n) is 8.61. The third-order valence-corrected chi connectivity index (χ3v) is 6.75. The molecule has 1 atom stereocenters. The Hall–Kier alpha value is -3.40. The van der Waals surface area contributed by atoms with Crippen molar-refractivity contribution in [3.05, 3.63) is 94.6 Å². The standard InChI is InChI=1S/C26H28N6O2S/c1-20-29-22(19-35-20)13-31-16-24(34-18-21-7-2-4-10-27-21)15-30(17-26(31)33)14-23-8-6-12-32(23)25-9-3-5-11-28-25/h2-12,19,24H,13-18H2,1H3. The summed E-state index contributed by atoms with van der Waals surface area (Å²) in [5, 5.41) is 3.02. The number of carbonyl (C=O) groups is 1. The molecule has 8 nitrogen and oxygen atoms in total. The number of ether oxygens (including phenoxy) is 1. The first-order valence-electron chi connectivity index (χ1n) is 11.6. The molecule has 5 heterocycles. The normalized spacial score (nSPS) is 17.0. The van der Waals surface area contributed by atoms with Crippen molar-refractivity contribution in [3.8, 4) is 5.82 Å². The summed E-state index contributed by atoms with van der Waals surface area (Å²) in [6, 6.07) is 15.7. The fraction of sp³-hybridized carbons (Fsp3) is 0.308. The van der Waals surface area contributed by atoms with Crippen molar-refractivity contribution < 1.29 is 9.53 Å². The van der Waals surface area contributed by atoms with Crippen LogP contribution >= 0.6 is 11.3 Å². The van der Waals surface area contributed by atoms with Crippen molar-refractivity contribution in [2.45, 2.75) is 32.7 Å². The molecule has 1 amide bonds. The lowest BCUT2D eigenvalue weighted by Crippen LogP contribution is -2.37. The van der Waals surface area contributed by atoms with E-state index in [1.54, 1.807) is 23.7 Å². The average Bonchev–Trinajstić information content (AvgIpc) is 3.48. The molecule has 35 heavy (non-hydrogen) atoms. The van der Waals surface area contributed by atoms with E-state index in [9.17, 15) is 4.79 Å². The van der Waals surface area contributed by atoms with Crippen LogP contribution in [0.3, 0.4) is 0 Å². The van der Waals surface area contributed by atoms with E-state index >= 15 is 0 Å². The van der Waals surface area contributed by atoms with E-state index in [2.05, 4.69) is 30.5 Å². The molecule has 4 aromatic heterocycles. The first-order valence-corrected chi connectivity index (χ1v) is 12.5. The third kappa shape index (κ3) is 6.00. The van der Waals surface area contributed by atoms with Crippen LogP contribution in [-0.4, -0.2) is 61.0 Å². The predicted molar refractivity (Wildman–Crippen MR) is 134 cm³/mol. The minimum Gasteiger partial charge on any atom is -0.369 e. The molecule has 9 heteroatoms. The molecule has 0 aliphatic carbocycles. The molecule has 0 bridgehead atoms. The van der Waals surface area contributed by atoms with Crippen molar-refractivity contribution in [2.75, 3.05) is 19.6 Å². The average molecular weight is 489 g/mol. The summed E-state index contributed by atoms with van der Waals surface area (Å²) in [6.45, 7) is 4.96. The van der Waals surface area contributed by atoms with Gasteiger partial charge < -0.3 is 14.2 Å². The van der Waals surface area contributed by atoms with Gasteiger partial charge in [0.15, 0.2) is 0 Å². The molecule has 1 aliphatic heterocycles. The van der Waals surface area contributed by atoms with E-state index in [1.165, 1.54) is 0 Å². The lowest BCUT2D eigenvalue weighted by molar-refractivity contribution is -0.132. The zero-order valence-electron chi connectivity index (χ0n) is 19.7. The van der Waals surface area contributed by atoms with Gasteiger partial charge in [0.1, 0.15) is 5.82 Å². The maximum atomic E-state index is 13.3. The SMILES string of the molecule is Cc1nc(CN2CC(OCc3ccccn3)CN(Cc3cccn3-c3ccccn3)CC2=O)cs1. The number of carbonyl (C=O) groups excluding carboxylic acids is 1. The maximum absolute atomic E-state index is 13.3. The van der Waals surface area contributed by atoms with Crippen LogP contribution in [0, 0.1) is 6.92 Å². The van der Waals surface area contributed by atoms with Crippen LogP contribution < -0.4 is 0 Å². The van der Waals surface area contributed by atoms with Gasteiger partial charge in [-0.15, -0.1) is 11.3 Å². The number of aryl methyl sites for hydroxylation is 1. The van der Waals surface area contributed by atoms with Gasteiger partial charge in [0, 0.05) is 49.3 Å². The molecule has 5 rings (SSSR count). The molecule has 1 fully saturated rings. The fourth-order valence-electron chi connectivity index (χ4n) is 4.28. The molecule has 1 aliphatic rings. The predicted octanol–water partition coefficient (Wildman–Crippen LogP) is 3.46. The van der Waals surface area contributed by atoms with Crippen molar-refractivity contribution >= 4 is 17.2 Å². The number of hydrogen-bond donors (Lipinski definition) is 0. The van der Waals surface area contributed by atoms with Gasteiger partial charge in [-0.1, -0.05) is 12.1 Å². The first-order chi connectivity index (χ1) is 17.1. The molecule has 1 unspecified atom stereocenters. The minimum absolute atomic E-state index is 0.0792. The lowest BCUT2D eigenvalue weighted by atomic mass is 10.3. The van der Waals surface area contributed by atoms with E-state index < -0.39 is 0 Å². The van der Waals surface area contributed by atoms with Crippen LogP contribution in [0.25, 0.3) is 5.82 Å². The number of aromatic nitrogens is 4. The van der Waals surface area contributed by atoms with E-state index in [0.29, 0.717) is 39.3 Å². The molecular formula is C26H28N6O2S. The Bertz CT molecular complexity index is 1240. The minimum atomic E-state index is -0.151. The van der Waals surface area contributed by atoms with Gasteiger partial charge in [0.05, 0.1) is 42.2 Å². The molecule has 1 saturated heterocycles. The number of amides is 1. The highest BCUT2D eigenvalue weighted by molar-refractivity contribution is 7.09. The van der Waals surface area contributed by atoms with Gasteiger partial charge in [0.25, 0.3) is 0 Å². The Balaban J connectivity index is 1.34. The summed E-state index contributed by atoms with van der Waals surface area (Å²) in [6.07, 6.45) is 5.41. The van der Waals surface area contributed by atoms with Crippen LogP contribution in [0.5, 0.6) is 0 Å². The number of hydrogen-bond acceptors (Lipinski definition) is 7. The van der Waals surface area contributed by atoms with Gasteiger partial charge in [-0.3, -0.25) is 14.7 Å². The quantitative estimate of drug-likeness (QED) is 0.378. The topological polar surface area (TPSA) is 76.4 Å². The molecule has 0 spiro atoms. The van der Waals surface area contributed by atoms with Crippen LogP contribution in [-0.2, 0) is 29.2 Å². The molecule has 0 aromatic carbocycles. The highest BCUT2D eigenvalue weighted by Gasteiger charge is 2.29. The summed E-state index contributed by atoms with van der Waals surface area (Å²) in [5.41, 5.74) is 2.87. The largest absolute Gasteiger partial charge is 0.369 e. The van der Waals surface area contributed by atoms with Crippen molar-refractivity contribution in [2.24, 2.45) is 0 Å². The molecule has 0 radical (unpaired) electrons. The number of thiazole rings is 1. The molecule has 4 aromatic rings. The maximum Gasteiger partial charge on any atom is 0.237 e.